The summed E-state index contributed by atoms with van der Waals surface area (Å²) in [5.74, 6) is 2.62. The Morgan fingerprint density at radius 3 is 2.05 bits per heavy atom. The van der Waals surface area contributed by atoms with Crippen LogP contribution in [0, 0.1) is 23.7 Å². The fraction of sp³-hybridized carbons (Fsp3) is 0.824. The van der Waals surface area contributed by atoms with E-state index in [0.717, 1.165) is 11.8 Å². The van der Waals surface area contributed by atoms with Gasteiger partial charge in [0.25, 0.3) is 0 Å². The summed E-state index contributed by atoms with van der Waals surface area (Å²) in [6.45, 7) is 13.7. The Hall–Kier alpha value is -0.790. The molecule has 112 valence electrons. The summed E-state index contributed by atoms with van der Waals surface area (Å²) in [4.78, 5) is 11.5. The lowest BCUT2D eigenvalue weighted by Gasteiger charge is -2.29. The summed E-state index contributed by atoms with van der Waals surface area (Å²) in [6, 6.07) is 0. The lowest BCUT2D eigenvalue weighted by Crippen LogP contribution is -2.21. The molecule has 2 saturated carbocycles. The number of ether oxygens (including phenoxy) is 1. The molecule has 0 aromatic carbocycles. The lowest BCUT2D eigenvalue weighted by molar-refractivity contribution is -0.149. The van der Waals surface area contributed by atoms with Crippen LogP contribution in [0.3, 0.4) is 0 Å². The first-order valence-electron chi connectivity index (χ1n) is 7.87. The van der Waals surface area contributed by atoms with Gasteiger partial charge in [0.2, 0.25) is 0 Å². The normalized spacial score (nSPS) is 28.4. The van der Waals surface area contributed by atoms with Crippen LogP contribution in [0.15, 0.2) is 12.7 Å². The highest BCUT2D eigenvalue weighted by atomic mass is 16.5. The van der Waals surface area contributed by atoms with Crippen molar-refractivity contribution in [1.82, 2.24) is 0 Å². The number of carbonyl (C=O) groups excluding carboxylic acids is 1. The Bertz CT molecular complexity index is 248. The van der Waals surface area contributed by atoms with Gasteiger partial charge in [0.15, 0.2) is 0 Å². The largest absolute Gasteiger partial charge is 0.466 e. The molecule has 2 aliphatic rings. The monoisotopic (exact) mass is 268 g/mol. The molecule has 0 amide bonds. The third kappa shape index (κ3) is 5.38. The molecule has 0 N–H and O–H groups in total. The van der Waals surface area contributed by atoms with Gasteiger partial charge in [-0.2, -0.15) is 0 Å². The van der Waals surface area contributed by atoms with Crippen molar-refractivity contribution in [2.75, 3.05) is 6.61 Å². The van der Waals surface area contributed by atoms with E-state index in [4.69, 9.17) is 4.74 Å². The molecule has 0 aromatic rings. The van der Waals surface area contributed by atoms with E-state index in [1.807, 2.05) is 34.6 Å². The molecule has 0 saturated heterocycles. The number of hydrogen-bond acceptors (Lipinski definition) is 2. The van der Waals surface area contributed by atoms with E-state index in [-0.39, 0.29) is 11.9 Å². The van der Waals surface area contributed by atoms with E-state index >= 15 is 0 Å². The molecule has 2 rings (SSSR count). The van der Waals surface area contributed by atoms with Crippen LogP contribution in [0.5, 0.6) is 0 Å². The van der Waals surface area contributed by atoms with Crippen molar-refractivity contribution in [3.05, 3.63) is 12.7 Å². The van der Waals surface area contributed by atoms with E-state index in [1.165, 1.54) is 25.7 Å². The molecule has 0 radical (unpaired) electrons. The average Bonchev–Trinajstić information content (AvgIpc) is 2.68. The second-order valence-corrected chi connectivity index (χ2v) is 5.28. The van der Waals surface area contributed by atoms with Crippen LogP contribution in [-0.2, 0) is 9.53 Å². The average molecular weight is 268 g/mol. The number of rotatable bonds is 3. The van der Waals surface area contributed by atoms with Gasteiger partial charge < -0.3 is 4.74 Å². The minimum atomic E-state index is 0.0128. The fourth-order valence-corrected chi connectivity index (χ4v) is 3.01. The highest BCUT2D eigenvalue weighted by molar-refractivity contribution is 5.72. The quantitative estimate of drug-likeness (QED) is 0.541. The Labute approximate surface area is 119 Å². The minimum absolute atomic E-state index is 0.0128. The van der Waals surface area contributed by atoms with E-state index in [2.05, 4.69) is 6.58 Å². The van der Waals surface area contributed by atoms with Crippen LogP contribution < -0.4 is 0 Å². The summed E-state index contributed by atoms with van der Waals surface area (Å²) in [7, 11) is 0. The zero-order chi connectivity index (χ0) is 14.8. The lowest BCUT2D eigenvalue weighted by atomic mass is 9.77. The highest BCUT2D eigenvalue weighted by Crippen LogP contribution is 2.51. The van der Waals surface area contributed by atoms with Crippen molar-refractivity contribution in [2.24, 2.45) is 23.7 Å². The third-order valence-electron chi connectivity index (χ3n) is 4.15. The van der Waals surface area contributed by atoms with Crippen molar-refractivity contribution < 1.29 is 9.53 Å². The molecule has 0 aliphatic heterocycles. The molecular weight excluding hydrogens is 236 g/mol. The summed E-state index contributed by atoms with van der Waals surface area (Å²) in [5.41, 5.74) is 0. The maximum atomic E-state index is 11.5. The number of allylic oxidation sites excluding steroid dienone is 1. The van der Waals surface area contributed by atoms with Crippen LogP contribution in [0.4, 0.5) is 0 Å². The SMILES string of the molecule is C=CC.CC.CCOC(=O)C(C)C1CC2CCC2C1. The van der Waals surface area contributed by atoms with Gasteiger partial charge in [0.05, 0.1) is 12.5 Å². The Balaban J connectivity index is 0.000000573. The Morgan fingerprint density at radius 1 is 1.32 bits per heavy atom. The van der Waals surface area contributed by atoms with E-state index in [9.17, 15) is 4.79 Å². The van der Waals surface area contributed by atoms with E-state index in [0.29, 0.717) is 12.5 Å². The molecule has 0 aromatic heterocycles. The van der Waals surface area contributed by atoms with Crippen molar-refractivity contribution >= 4 is 5.97 Å². The summed E-state index contributed by atoms with van der Waals surface area (Å²) >= 11 is 0. The van der Waals surface area contributed by atoms with E-state index < -0.39 is 0 Å². The second-order valence-electron chi connectivity index (χ2n) is 5.28. The van der Waals surface area contributed by atoms with Gasteiger partial charge in [-0.05, 0) is 57.3 Å². The minimum Gasteiger partial charge on any atom is -0.466 e. The zero-order valence-electron chi connectivity index (χ0n) is 13.4. The van der Waals surface area contributed by atoms with Crippen molar-refractivity contribution in [3.8, 4) is 0 Å². The van der Waals surface area contributed by atoms with Crippen LogP contribution in [-0.4, -0.2) is 12.6 Å². The van der Waals surface area contributed by atoms with Crippen molar-refractivity contribution in [3.63, 3.8) is 0 Å². The Morgan fingerprint density at radius 2 is 1.74 bits per heavy atom. The highest BCUT2D eigenvalue weighted by Gasteiger charge is 2.43. The predicted molar refractivity (Wildman–Crippen MR) is 82.0 cm³/mol. The standard InChI is InChI=1S/C12H20O2.C3H6.C2H6/c1-3-14-12(13)8(2)11-6-9-4-5-10(9)7-11;1-3-2;1-2/h8-11H,3-7H2,1-2H3;3H,1H2,2H3;1-2H3. The molecule has 2 aliphatic carbocycles. The van der Waals surface area contributed by atoms with Crippen molar-refractivity contribution in [2.45, 2.75) is 60.3 Å². The number of hydrogen-bond donors (Lipinski definition) is 0. The van der Waals surface area contributed by atoms with Gasteiger partial charge in [0, 0.05) is 0 Å². The fourth-order valence-electron chi connectivity index (χ4n) is 3.01. The molecule has 2 fully saturated rings. The van der Waals surface area contributed by atoms with Crippen LogP contribution in [0.2, 0.25) is 0 Å². The zero-order valence-corrected chi connectivity index (χ0v) is 13.4. The second kappa shape index (κ2) is 10.1. The predicted octanol–water partition coefficient (Wildman–Crippen LogP) is 4.84. The molecule has 19 heavy (non-hydrogen) atoms. The number of carbonyl (C=O) groups is 1. The summed E-state index contributed by atoms with van der Waals surface area (Å²) < 4.78 is 5.07. The topological polar surface area (TPSA) is 26.3 Å². The smallest absolute Gasteiger partial charge is 0.308 e. The first kappa shape index (κ1) is 18.2. The first-order valence-corrected chi connectivity index (χ1v) is 7.87. The van der Waals surface area contributed by atoms with Crippen LogP contribution >= 0.6 is 0 Å². The number of fused-ring (bicyclic) bond motifs is 1. The molecular formula is C17H32O2. The van der Waals surface area contributed by atoms with Crippen LogP contribution in [0.25, 0.3) is 0 Å². The number of esters is 1. The van der Waals surface area contributed by atoms with Gasteiger partial charge in [-0.3, -0.25) is 4.79 Å². The molecule has 0 spiro atoms. The van der Waals surface area contributed by atoms with Gasteiger partial charge in [-0.15, -0.1) is 6.58 Å². The Kier molecular flexibility index (Phi) is 9.63. The molecule has 2 nitrogen and oxygen atoms in total. The molecule has 0 bridgehead atoms. The first-order chi connectivity index (χ1) is 9.13. The van der Waals surface area contributed by atoms with Gasteiger partial charge in [-0.25, -0.2) is 0 Å². The maximum Gasteiger partial charge on any atom is 0.308 e. The molecule has 0 heterocycles. The third-order valence-corrected chi connectivity index (χ3v) is 4.15. The summed E-state index contributed by atoms with van der Waals surface area (Å²) in [6.07, 6.45) is 7.09. The molecule has 3 atom stereocenters. The van der Waals surface area contributed by atoms with E-state index in [1.54, 1.807) is 6.08 Å². The van der Waals surface area contributed by atoms with Crippen LogP contribution in [0.1, 0.15) is 60.3 Å². The van der Waals surface area contributed by atoms with Gasteiger partial charge >= 0.3 is 5.97 Å². The van der Waals surface area contributed by atoms with Gasteiger partial charge in [-0.1, -0.05) is 26.8 Å². The maximum absolute atomic E-state index is 11.5. The van der Waals surface area contributed by atoms with Gasteiger partial charge in [0.1, 0.15) is 0 Å². The molecule has 3 unspecified atom stereocenters. The van der Waals surface area contributed by atoms with Crippen molar-refractivity contribution in [1.29, 1.82) is 0 Å². The molecule has 2 heteroatoms. The summed E-state index contributed by atoms with van der Waals surface area (Å²) in [5, 5.41) is 0.